The number of hydrogen-bond acceptors (Lipinski definition) is 3. The Morgan fingerprint density at radius 1 is 0.381 bits per heavy atom. The number of hydrogen-bond donors (Lipinski definition) is 0. The minimum atomic E-state index is -0.600. The van der Waals surface area contributed by atoms with E-state index in [2.05, 4.69) is 216 Å². The SMILES string of the molecule is c1ccc(N(c2ccc3c(c2)c2ccccc2n3-c2ccc3c(c2)oc2ccccc23)c2ccc3c4c(cccc24)C2(c4ccccc4Oc4ccccc42)c2ccccc2-3)cc1. The number of aromatic nitrogens is 1. The predicted molar refractivity (Wildman–Crippen MR) is 258 cm³/mol. The van der Waals surface area contributed by atoms with Gasteiger partial charge in [-0.2, -0.15) is 0 Å². The van der Waals surface area contributed by atoms with Gasteiger partial charge in [0.05, 0.1) is 22.1 Å². The lowest BCUT2D eigenvalue weighted by atomic mass is 9.58. The molecular weight excluding hydrogens is 769 g/mol. The Bertz CT molecular complexity index is 3810. The molecule has 12 aromatic rings. The predicted octanol–water partition coefficient (Wildman–Crippen LogP) is 15.8. The largest absolute Gasteiger partial charge is 0.457 e. The molecule has 0 unspecified atom stereocenters. The van der Waals surface area contributed by atoms with Crippen molar-refractivity contribution in [3.63, 3.8) is 0 Å². The molecule has 0 radical (unpaired) electrons. The molecule has 1 aliphatic carbocycles. The van der Waals surface area contributed by atoms with Gasteiger partial charge in [-0.05, 0) is 100 Å². The Morgan fingerprint density at radius 2 is 1.03 bits per heavy atom. The molecule has 0 atom stereocenters. The van der Waals surface area contributed by atoms with Crippen LogP contribution in [-0.4, -0.2) is 4.57 Å². The second-order valence-corrected chi connectivity index (χ2v) is 16.8. The highest BCUT2D eigenvalue weighted by Crippen LogP contribution is 2.62. The normalized spacial score (nSPS) is 13.3. The summed E-state index contributed by atoms with van der Waals surface area (Å²) in [5, 5.41) is 7.06. The van der Waals surface area contributed by atoms with E-state index >= 15 is 0 Å². The summed E-state index contributed by atoms with van der Waals surface area (Å²) in [4.78, 5) is 2.44. The van der Waals surface area contributed by atoms with E-state index in [-0.39, 0.29) is 0 Å². The third-order valence-electron chi connectivity index (χ3n) is 13.6. The number of para-hydroxylation sites is 5. The molecule has 2 aromatic heterocycles. The zero-order valence-corrected chi connectivity index (χ0v) is 34.0. The van der Waals surface area contributed by atoms with Crippen molar-refractivity contribution in [2.24, 2.45) is 0 Å². The summed E-state index contributed by atoms with van der Waals surface area (Å²) in [6.07, 6.45) is 0. The summed E-state index contributed by atoms with van der Waals surface area (Å²) in [7, 11) is 0. The number of benzene rings is 10. The topological polar surface area (TPSA) is 30.5 Å². The number of anilines is 3. The fourth-order valence-electron chi connectivity index (χ4n) is 11.1. The van der Waals surface area contributed by atoms with Gasteiger partial charge in [-0.1, -0.05) is 140 Å². The van der Waals surface area contributed by atoms with E-state index < -0.39 is 5.41 Å². The Morgan fingerprint density at radius 3 is 1.87 bits per heavy atom. The van der Waals surface area contributed by atoms with Gasteiger partial charge in [0.2, 0.25) is 0 Å². The second kappa shape index (κ2) is 12.8. The zero-order valence-electron chi connectivity index (χ0n) is 34.0. The van der Waals surface area contributed by atoms with Crippen LogP contribution in [0, 0.1) is 0 Å². The molecule has 0 fully saturated rings. The van der Waals surface area contributed by atoms with Crippen LogP contribution in [-0.2, 0) is 5.41 Å². The van der Waals surface area contributed by atoms with Crippen LogP contribution in [0.25, 0.3) is 71.3 Å². The van der Waals surface area contributed by atoms with Crippen LogP contribution in [0.15, 0.2) is 223 Å². The average Bonchev–Trinajstić information content (AvgIpc) is 3.88. The second-order valence-electron chi connectivity index (χ2n) is 16.8. The molecular formula is C59H36N2O2. The fraction of sp³-hybridized carbons (Fsp3) is 0.0169. The monoisotopic (exact) mass is 804 g/mol. The van der Waals surface area contributed by atoms with Crippen molar-refractivity contribution in [1.82, 2.24) is 4.57 Å². The first-order valence-electron chi connectivity index (χ1n) is 21.6. The lowest BCUT2D eigenvalue weighted by Gasteiger charge is -2.45. The fourth-order valence-corrected chi connectivity index (χ4v) is 11.1. The van der Waals surface area contributed by atoms with Crippen LogP contribution < -0.4 is 9.64 Å². The molecule has 0 saturated heterocycles. The maximum atomic E-state index is 6.69. The van der Waals surface area contributed by atoms with Crippen LogP contribution in [0.5, 0.6) is 11.5 Å². The van der Waals surface area contributed by atoms with Crippen LogP contribution >= 0.6 is 0 Å². The quantitative estimate of drug-likeness (QED) is 0.178. The highest BCUT2D eigenvalue weighted by atomic mass is 16.5. The Hall–Kier alpha value is -8.34. The molecule has 14 rings (SSSR count). The lowest BCUT2D eigenvalue weighted by molar-refractivity contribution is 0.435. The molecule has 3 heterocycles. The molecule has 0 amide bonds. The van der Waals surface area contributed by atoms with Gasteiger partial charge in [-0.3, -0.25) is 0 Å². The first-order valence-corrected chi connectivity index (χ1v) is 21.6. The van der Waals surface area contributed by atoms with Crippen molar-refractivity contribution in [2.45, 2.75) is 5.41 Å². The van der Waals surface area contributed by atoms with Gasteiger partial charge in [0.25, 0.3) is 0 Å². The van der Waals surface area contributed by atoms with Crippen molar-refractivity contribution in [1.29, 1.82) is 0 Å². The molecule has 2 aliphatic rings. The molecule has 0 saturated carbocycles. The van der Waals surface area contributed by atoms with E-state index in [1.54, 1.807) is 0 Å². The highest BCUT2D eigenvalue weighted by Gasteiger charge is 2.49. The Labute approximate surface area is 363 Å². The van der Waals surface area contributed by atoms with Crippen molar-refractivity contribution < 1.29 is 9.15 Å². The Kier molecular flexibility index (Phi) is 7.01. The van der Waals surface area contributed by atoms with Gasteiger partial charge in [0, 0.05) is 61.2 Å². The maximum Gasteiger partial charge on any atom is 0.137 e. The average molecular weight is 805 g/mol. The van der Waals surface area contributed by atoms with Gasteiger partial charge in [0.1, 0.15) is 22.7 Å². The Balaban J connectivity index is 1.02. The third kappa shape index (κ3) is 4.64. The van der Waals surface area contributed by atoms with Crippen LogP contribution in [0.4, 0.5) is 17.1 Å². The molecule has 4 heteroatoms. The summed E-state index contributed by atoms with van der Waals surface area (Å²) in [5.74, 6) is 1.77. The molecule has 1 aliphatic heterocycles. The van der Waals surface area contributed by atoms with E-state index in [1.807, 2.05) is 12.1 Å². The molecule has 63 heavy (non-hydrogen) atoms. The molecule has 4 nitrogen and oxygen atoms in total. The minimum absolute atomic E-state index is 0.600. The lowest BCUT2D eigenvalue weighted by Crippen LogP contribution is -2.36. The molecule has 0 bridgehead atoms. The maximum absolute atomic E-state index is 6.69. The number of nitrogens with zero attached hydrogens (tertiary/aromatic N) is 2. The molecule has 294 valence electrons. The summed E-state index contributed by atoms with van der Waals surface area (Å²) >= 11 is 0. The van der Waals surface area contributed by atoms with Crippen LogP contribution in [0.2, 0.25) is 0 Å². The summed E-state index contributed by atoms with van der Waals surface area (Å²) in [6.45, 7) is 0. The summed E-state index contributed by atoms with van der Waals surface area (Å²) in [6, 6.07) is 79.1. The van der Waals surface area contributed by atoms with Gasteiger partial charge >= 0.3 is 0 Å². The molecule has 0 N–H and O–H groups in total. The van der Waals surface area contributed by atoms with E-state index in [9.17, 15) is 0 Å². The van der Waals surface area contributed by atoms with Crippen molar-refractivity contribution in [3.8, 4) is 28.3 Å². The molecule has 10 aromatic carbocycles. The number of furan rings is 1. The third-order valence-corrected chi connectivity index (χ3v) is 13.6. The van der Waals surface area contributed by atoms with E-state index in [0.29, 0.717) is 0 Å². The van der Waals surface area contributed by atoms with E-state index in [4.69, 9.17) is 9.15 Å². The van der Waals surface area contributed by atoms with Gasteiger partial charge < -0.3 is 18.6 Å². The van der Waals surface area contributed by atoms with Gasteiger partial charge in [-0.25, -0.2) is 0 Å². The van der Waals surface area contributed by atoms with Crippen molar-refractivity contribution >= 4 is 71.6 Å². The summed E-state index contributed by atoms with van der Waals surface area (Å²) in [5.41, 5.74) is 15.1. The standard InChI is InChI=1S/C59H36N2O2/c1-2-15-37(16-3-1)60(38-30-33-53-46(35-38)41-18-5-10-25-51(41)61(53)39-29-31-43-42-19-6-11-26-54(42)62-57(43)36-39)52-34-32-44-40-17-4-7-21-47(40)59(50-24-14-20-45(52)58(44)50)48-22-8-12-27-55(48)63-56-28-13-9-23-49(56)59/h1-36H. The first-order chi connectivity index (χ1) is 31.3. The first kappa shape index (κ1) is 34.4. The van der Waals surface area contributed by atoms with E-state index in [1.165, 1.54) is 43.8 Å². The van der Waals surface area contributed by atoms with Crippen LogP contribution in [0.1, 0.15) is 22.3 Å². The summed E-state index contributed by atoms with van der Waals surface area (Å²) < 4.78 is 15.5. The highest BCUT2D eigenvalue weighted by molar-refractivity contribution is 6.14. The number of rotatable bonds is 4. The van der Waals surface area contributed by atoms with Gasteiger partial charge in [0.15, 0.2) is 0 Å². The number of ether oxygens (including phenoxy) is 1. The van der Waals surface area contributed by atoms with Crippen LogP contribution in [0.3, 0.4) is 0 Å². The zero-order chi connectivity index (χ0) is 41.2. The smallest absolute Gasteiger partial charge is 0.137 e. The van der Waals surface area contributed by atoms with Crippen molar-refractivity contribution in [3.05, 3.63) is 241 Å². The van der Waals surface area contributed by atoms with Gasteiger partial charge in [-0.15, -0.1) is 0 Å². The molecule has 1 spiro atoms. The number of fused-ring (bicyclic) bond motifs is 14. The van der Waals surface area contributed by atoms with E-state index in [0.717, 1.165) is 78.3 Å². The van der Waals surface area contributed by atoms with Crippen molar-refractivity contribution in [2.75, 3.05) is 4.90 Å². The minimum Gasteiger partial charge on any atom is -0.457 e.